The number of hydrogen-bond acceptors (Lipinski definition) is 1. The summed E-state index contributed by atoms with van der Waals surface area (Å²) in [5.74, 6) is -0.291. The third kappa shape index (κ3) is 1.87. The van der Waals surface area contributed by atoms with Crippen LogP contribution in [0.25, 0.3) is 11.1 Å². The summed E-state index contributed by atoms with van der Waals surface area (Å²) >= 11 is 0. The van der Waals surface area contributed by atoms with Gasteiger partial charge in [-0.1, -0.05) is 30.3 Å². The monoisotopic (exact) mass is 197 g/mol. The number of nitriles is 1. The highest BCUT2D eigenvalue weighted by Crippen LogP contribution is 2.23. The molecule has 0 spiro atoms. The molecular formula is C13H8FN. The van der Waals surface area contributed by atoms with Crippen molar-refractivity contribution in [2.75, 3.05) is 0 Å². The van der Waals surface area contributed by atoms with Crippen molar-refractivity contribution in [2.45, 2.75) is 0 Å². The Hall–Kier alpha value is -2.14. The first-order valence-corrected chi connectivity index (χ1v) is 4.56. The molecule has 15 heavy (non-hydrogen) atoms. The van der Waals surface area contributed by atoms with E-state index in [9.17, 15) is 4.39 Å². The zero-order valence-electron chi connectivity index (χ0n) is 7.94. The highest BCUT2D eigenvalue weighted by Gasteiger charge is 2.03. The predicted octanol–water partition coefficient (Wildman–Crippen LogP) is 3.36. The number of halogens is 1. The van der Waals surface area contributed by atoms with E-state index in [0.29, 0.717) is 5.56 Å². The van der Waals surface area contributed by atoms with E-state index in [0.717, 1.165) is 11.1 Å². The zero-order valence-corrected chi connectivity index (χ0v) is 7.94. The Labute approximate surface area is 87.4 Å². The minimum Gasteiger partial charge on any atom is -0.207 e. The smallest absolute Gasteiger partial charge is 0.123 e. The Morgan fingerprint density at radius 1 is 1.00 bits per heavy atom. The van der Waals surface area contributed by atoms with Crippen molar-refractivity contribution >= 4 is 0 Å². The molecule has 2 heteroatoms. The second-order valence-corrected chi connectivity index (χ2v) is 3.17. The molecule has 0 fully saturated rings. The second-order valence-electron chi connectivity index (χ2n) is 3.17. The van der Waals surface area contributed by atoms with Gasteiger partial charge in [0.1, 0.15) is 5.82 Å². The lowest BCUT2D eigenvalue weighted by atomic mass is 10.0. The second kappa shape index (κ2) is 3.93. The summed E-state index contributed by atoms with van der Waals surface area (Å²) in [7, 11) is 0. The summed E-state index contributed by atoms with van der Waals surface area (Å²) in [5, 5.41) is 8.91. The molecule has 0 N–H and O–H groups in total. The number of rotatable bonds is 1. The third-order valence-electron chi connectivity index (χ3n) is 2.18. The lowest BCUT2D eigenvalue weighted by Gasteiger charge is -2.03. The van der Waals surface area contributed by atoms with Crippen molar-refractivity contribution in [2.24, 2.45) is 0 Å². The van der Waals surface area contributed by atoms with Gasteiger partial charge in [0.15, 0.2) is 0 Å². The summed E-state index contributed by atoms with van der Waals surface area (Å²) in [6.45, 7) is 0. The van der Waals surface area contributed by atoms with Crippen LogP contribution in [0.3, 0.4) is 0 Å². The van der Waals surface area contributed by atoms with Gasteiger partial charge in [-0.25, -0.2) is 4.39 Å². The Bertz CT molecular complexity index is 526. The number of nitrogens with zero attached hydrogens (tertiary/aromatic N) is 1. The van der Waals surface area contributed by atoms with Gasteiger partial charge in [-0.15, -0.1) is 0 Å². The summed E-state index contributed by atoms with van der Waals surface area (Å²) in [4.78, 5) is 0. The van der Waals surface area contributed by atoms with Crippen LogP contribution in [-0.4, -0.2) is 0 Å². The molecule has 0 saturated carbocycles. The molecule has 0 heterocycles. The molecule has 1 nitrogen and oxygen atoms in total. The van der Waals surface area contributed by atoms with E-state index >= 15 is 0 Å². The van der Waals surface area contributed by atoms with Gasteiger partial charge in [0.2, 0.25) is 0 Å². The first kappa shape index (κ1) is 9.42. The lowest BCUT2D eigenvalue weighted by Crippen LogP contribution is -1.84. The van der Waals surface area contributed by atoms with E-state index in [2.05, 4.69) is 6.07 Å². The van der Waals surface area contributed by atoms with Gasteiger partial charge >= 0.3 is 0 Å². The quantitative estimate of drug-likeness (QED) is 0.687. The maximum atomic E-state index is 13.0. The third-order valence-corrected chi connectivity index (χ3v) is 2.18. The van der Waals surface area contributed by atoms with Crippen molar-refractivity contribution in [3.8, 4) is 17.2 Å². The summed E-state index contributed by atoms with van der Waals surface area (Å²) in [6, 6.07) is 15.5. The average molecular weight is 197 g/mol. The van der Waals surface area contributed by atoms with Crippen molar-refractivity contribution in [3.63, 3.8) is 0 Å². The molecule has 0 amide bonds. The van der Waals surface area contributed by atoms with Crippen LogP contribution in [0.5, 0.6) is 0 Å². The SMILES string of the molecule is N#Cc1ccccc1-c1cccc(F)c1. The highest BCUT2D eigenvalue weighted by atomic mass is 19.1. The van der Waals surface area contributed by atoms with Gasteiger partial charge in [0.25, 0.3) is 0 Å². The molecule has 0 aromatic heterocycles. The summed E-state index contributed by atoms with van der Waals surface area (Å²) in [5.41, 5.74) is 2.05. The normalized spacial score (nSPS) is 9.60. The van der Waals surface area contributed by atoms with Crippen LogP contribution in [0.4, 0.5) is 4.39 Å². The van der Waals surface area contributed by atoms with E-state index < -0.39 is 0 Å². The first-order chi connectivity index (χ1) is 7.31. The fraction of sp³-hybridized carbons (Fsp3) is 0. The molecular weight excluding hydrogens is 189 g/mol. The molecule has 0 aliphatic carbocycles. The molecule has 2 aromatic carbocycles. The summed E-state index contributed by atoms with van der Waals surface area (Å²) in [6.07, 6.45) is 0. The maximum Gasteiger partial charge on any atom is 0.123 e. The largest absolute Gasteiger partial charge is 0.207 e. The van der Waals surface area contributed by atoms with Crippen LogP contribution < -0.4 is 0 Å². The molecule has 0 aliphatic heterocycles. The fourth-order valence-electron chi connectivity index (χ4n) is 1.49. The predicted molar refractivity (Wildman–Crippen MR) is 56.6 cm³/mol. The van der Waals surface area contributed by atoms with Gasteiger partial charge in [0.05, 0.1) is 11.6 Å². The number of hydrogen-bond donors (Lipinski definition) is 0. The Balaban J connectivity index is 2.60. The minimum atomic E-state index is -0.291. The minimum absolute atomic E-state index is 0.291. The van der Waals surface area contributed by atoms with Crippen molar-refractivity contribution in [3.05, 3.63) is 59.9 Å². The standard InChI is InChI=1S/C13H8FN/c14-12-6-3-5-10(8-12)13-7-2-1-4-11(13)9-15/h1-8H. The van der Waals surface area contributed by atoms with Crippen molar-refractivity contribution < 1.29 is 4.39 Å². The highest BCUT2D eigenvalue weighted by molar-refractivity contribution is 5.70. The Morgan fingerprint density at radius 2 is 1.80 bits per heavy atom. The Kier molecular flexibility index (Phi) is 2.47. The first-order valence-electron chi connectivity index (χ1n) is 4.56. The average Bonchev–Trinajstić information content (AvgIpc) is 2.29. The van der Waals surface area contributed by atoms with E-state index in [-0.39, 0.29) is 5.82 Å². The Morgan fingerprint density at radius 3 is 2.53 bits per heavy atom. The van der Waals surface area contributed by atoms with Gasteiger partial charge in [-0.05, 0) is 29.3 Å². The van der Waals surface area contributed by atoms with Gasteiger partial charge in [-0.3, -0.25) is 0 Å². The van der Waals surface area contributed by atoms with E-state index in [1.807, 2.05) is 12.1 Å². The molecule has 0 unspecified atom stereocenters. The molecule has 2 aromatic rings. The van der Waals surface area contributed by atoms with Crippen LogP contribution in [0.1, 0.15) is 5.56 Å². The maximum absolute atomic E-state index is 13.0. The van der Waals surface area contributed by atoms with Gasteiger partial charge in [0, 0.05) is 0 Å². The molecule has 0 saturated heterocycles. The number of benzene rings is 2. The van der Waals surface area contributed by atoms with Crippen LogP contribution in [-0.2, 0) is 0 Å². The molecule has 0 radical (unpaired) electrons. The molecule has 0 bridgehead atoms. The lowest BCUT2D eigenvalue weighted by molar-refractivity contribution is 0.628. The van der Waals surface area contributed by atoms with Gasteiger partial charge < -0.3 is 0 Å². The van der Waals surface area contributed by atoms with Crippen molar-refractivity contribution in [1.82, 2.24) is 0 Å². The zero-order chi connectivity index (χ0) is 10.7. The van der Waals surface area contributed by atoms with E-state index in [4.69, 9.17) is 5.26 Å². The van der Waals surface area contributed by atoms with Crippen LogP contribution >= 0.6 is 0 Å². The van der Waals surface area contributed by atoms with Crippen LogP contribution in [0.2, 0.25) is 0 Å². The van der Waals surface area contributed by atoms with Crippen LogP contribution in [0.15, 0.2) is 48.5 Å². The van der Waals surface area contributed by atoms with Gasteiger partial charge in [-0.2, -0.15) is 5.26 Å². The van der Waals surface area contributed by atoms with E-state index in [1.165, 1.54) is 12.1 Å². The summed E-state index contributed by atoms with van der Waals surface area (Å²) < 4.78 is 13.0. The van der Waals surface area contributed by atoms with E-state index in [1.54, 1.807) is 24.3 Å². The molecule has 0 aliphatic rings. The topological polar surface area (TPSA) is 23.8 Å². The van der Waals surface area contributed by atoms with Crippen LogP contribution in [0, 0.1) is 17.1 Å². The fourth-order valence-corrected chi connectivity index (χ4v) is 1.49. The molecule has 72 valence electrons. The molecule has 0 atom stereocenters. The molecule has 2 rings (SSSR count). The van der Waals surface area contributed by atoms with Crippen molar-refractivity contribution in [1.29, 1.82) is 5.26 Å².